The summed E-state index contributed by atoms with van der Waals surface area (Å²) >= 11 is 1.89. The van der Waals surface area contributed by atoms with Crippen LogP contribution in [0.2, 0.25) is 0 Å². The first kappa shape index (κ1) is 18.4. The Kier molecular flexibility index (Phi) is 5.21. The van der Waals surface area contributed by atoms with Crippen molar-refractivity contribution in [2.75, 3.05) is 44.0 Å². The molecule has 6 heteroatoms. The van der Waals surface area contributed by atoms with Gasteiger partial charge in [-0.05, 0) is 45.4 Å². The number of fused-ring (bicyclic) bond motifs is 1. The third kappa shape index (κ3) is 4.23. The largest absolute Gasteiger partial charge is 0.444 e. The van der Waals surface area contributed by atoms with Crippen molar-refractivity contribution in [2.45, 2.75) is 44.2 Å². The Morgan fingerprint density at radius 3 is 2.52 bits per heavy atom. The Hall–Kier alpha value is -1.40. The molecule has 138 valence electrons. The summed E-state index contributed by atoms with van der Waals surface area (Å²) in [6, 6.07) is 7.16. The van der Waals surface area contributed by atoms with E-state index in [1.165, 1.54) is 16.1 Å². The number of carbonyl (C=O) groups is 1. The van der Waals surface area contributed by atoms with E-state index in [2.05, 4.69) is 42.0 Å². The van der Waals surface area contributed by atoms with E-state index in [-0.39, 0.29) is 6.09 Å². The summed E-state index contributed by atoms with van der Waals surface area (Å²) in [4.78, 5) is 20.1. The molecule has 0 spiro atoms. The van der Waals surface area contributed by atoms with Crippen molar-refractivity contribution < 1.29 is 9.53 Å². The number of benzene rings is 1. The molecule has 0 aromatic heterocycles. The highest BCUT2D eigenvalue weighted by molar-refractivity contribution is 7.99. The van der Waals surface area contributed by atoms with Gasteiger partial charge >= 0.3 is 6.09 Å². The van der Waals surface area contributed by atoms with Crippen molar-refractivity contribution in [1.29, 1.82) is 0 Å². The highest BCUT2D eigenvalue weighted by Crippen LogP contribution is 2.39. The number of nitrogens with zero attached hydrogens (tertiary/aromatic N) is 3. The van der Waals surface area contributed by atoms with Gasteiger partial charge in [0.2, 0.25) is 0 Å². The number of anilines is 1. The Labute approximate surface area is 155 Å². The second-order valence-electron chi connectivity index (χ2n) is 7.88. The fourth-order valence-corrected chi connectivity index (χ4v) is 4.28. The smallest absolute Gasteiger partial charge is 0.410 e. The molecule has 1 atom stereocenters. The van der Waals surface area contributed by atoms with Gasteiger partial charge in [-0.25, -0.2) is 4.79 Å². The zero-order chi connectivity index (χ0) is 18.2. The lowest BCUT2D eigenvalue weighted by molar-refractivity contribution is 0.0110. The van der Waals surface area contributed by atoms with E-state index in [9.17, 15) is 4.79 Å². The van der Waals surface area contributed by atoms with Crippen LogP contribution in [0.1, 0.15) is 39.3 Å². The summed E-state index contributed by atoms with van der Waals surface area (Å²) in [5.41, 5.74) is 2.25. The van der Waals surface area contributed by atoms with Gasteiger partial charge in [0.25, 0.3) is 0 Å². The van der Waals surface area contributed by atoms with Gasteiger partial charge in [-0.15, -0.1) is 11.8 Å². The third-order valence-electron chi connectivity index (χ3n) is 4.80. The first-order valence-electron chi connectivity index (χ1n) is 8.94. The molecular formula is C19H29N3O2S. The molecule has 1 aromatic carbocycles. The summed E-state index contributed by atoms with van der Waals surface area (Å²) in [6.45, 7) is 11.2. The van der Waals surface area contributed by atoms with Crippen LogP contribution in [0.3, 0.4) is 0 Å². The lowest BCUT2D eigenvalue weighted by atomic mass is 10.0. The van der Waals surface area contributed by atoms with Crippen LogP contribution >= 0.6 is 11.8 Å². The molecule has 25 heavy (non-hydrogen) atoms. The topological polar surface area (TPSA) is 36.0 Å². The number of rotatable bonds is 2. The van der Waals surface area contributed by atoms with Crippen LogP contribution in [0.4, 0.5) is 10.5 Å². The maximum atomic E-state index is 12.2. The highest BCUT2D eigenvalue weighted by atomic mass is 32.2. The van der Waals surface area contributed by atoms with E-state index in [0.29, 0.717) is 6.04 Å². The summed E-state index contributed by atoms with van der Waals surface area (Å²) in [5, 5.41) is 0. The fraction of sp³-hybridized carbons (Fsp3) is 0.632. The van der Waals surface area contributed by atoms with E-state index in [0.717, 1.165) is 32.1 Å². The monoisotopic (exact) mass is 363 g/mol. The van der Waals surface area contributed by atoms with Crippen molar-refractivity contribution in [3.8, 4) is 0 Å². The first-order chi connectivity index (χ1) is 11.7. The van der Waals surface area contributed by atoms with Gasteiger partial charge in [0, 0.05) is 44.2 Å². The number of ether oxygens (including phenoxy) is 1. The lowest BCUT2D eigenvalue weighted by Gasteiger charge is -2.38. The van der Waals surface area contributed by atoms with E-state index < -0.39 is 5.60 Å². The summed E-state index contributed by atoms with van der Waals surface area (Å²) in [7, 11) is 2.15. The van der Waals surface area contributed by atoms with Crippen molar-refractivity contribution in [1.82, 2.24) is 9.80 Å². The number of piperazine rings is 1. The normalized spacial score (nSPS) is 19.7. The van der Waals surface area contributed by atoms with Crippen molar-refractivity contribution in [3.63, 3.8) is 0 Å². The van der Waals surface area contributed by atoms with Gasteiger partial charge < -0.3 is 14.5 Å². The van der Waals surface area contributed by atoms with Crippen LogP contribution in [0.5, 0.6) is 0 Å². The van der Waals surface area contributed by atoms with E-state index in [1.54, 1.807) is 0 Å². The fourth-order valence-electron chi connectivity index (χ4n) is 3.28. The molecule has 0 radical (unpaired) electrons. The Morgan fingerprint density at radius 1 is 1.20 bits per heavy atom. The molecule has 5 nitrogen and oxygen atoms in total. The molecule has 2 aliphatic heterocycles. The van der Waals surface area contributed by atoms with E-state index in [4.69, 9.17) is 4.74 Å². The summed E-state index contributed by atoms with van der Waals surface area (Å²) in [6.07, 6.45) is -0.198. The number of carbonyl (C=O) groups excluding carboxylic acids is 1. The zero-order valence-electron chi connectivity index (χ0n) is 15.9. The molecule has 0 aliphatic carbocycles. The van der Waals surface area contributed by atoms with Gasteiger partial charge in [-0.3, -0.25) is 4.90 Å². The standard InChI is InChI=1S/C19H29N3O2S/c1-14(15-6-7-17-16(12-15)20(5)13-25-17)21-8-10-22(11-9-21)18(23)24-19(2,3)4/h6-7,12,14H,8-11,13H2,1-5H3. The average Bonchev–Trinajstić information content (AvgIpc) is 2.93. The molecule has 0 saturated carbocycles. The molecule has 1 fully saturated rings. The van der Waals surface area contributed by atoms with Crippen molar-refractivity contribution in [2.24, 2.45) is 0 Å². The minimum Gasteiger partial charge on any atom is -0.444 e. The Morgan fingerprint density at radius 2 is 1.88 bits per heavy atom. The van der Waals surface area contributed by atoms with Crippen LogP contribution in [0.15, 0.2) is 23.1 Å². The predicted molar refractivity (Wildman–Crippen MR) is 103 cm³/mol. The minimum absolute atomic E-state index is 0.198. The second-order valence-corrected chi connectivity index (χ2v) is 8.86. The average molecular weight is 364 g/mol. The number of hydrogen-bond donors (Lipinski definition) is 0. The Balaban J connectivity index is 1.60. The minimum atomic E-state index is -0.435. The quantitative estimate of drug-likeness (QED) is 0.799. The van der Waals surface area contributed by atoms with Crippen LogP contribution < -0.4 is 4.90 Å². The van der Waals surface area contributed by atoms with Gasteiger partial charge in [0.15, 0.2) is 0 Å². The molecule has 1 amide bonds. The van der Waals surface area contributed by atoms with Gasteiger partial charge in [-0.2, -0.15) is 0 Å². The number of hydrogen-bond acceptors (Lipinski definition) is 5. The van der Waals surface area contributed by atoms with E-state index in [1.807, 2.05) is 37.4 Å². The molecular weight excluding hydrogens is 334 g/mol. The molecule has 3 rings (SSSR count). The number of thioether (sulfide) groups is 1. The zero-order valence-corrected chi connectivity index (χ0v) is 16.7. The van der Waals surface area contributed by atoms with Crippen LogP contribution in [-0.4, -0.2) is 60.6 Å². The van der Waals surface area contributed by atoms with Crippen LogP contribution in [-0.2, 0) is 4.74 Å². The predicted octanol–water partition coefficient (Wildman–Crippen LogP) is 3.80. The lowest BCUT2D eigenvalue weighted by Crippen LogP contribution is -2.50. The highest BCUT2D eigenvalue weighted by Gasteiger charge is 2.28. The third-order valence-corrected chi connectivity index (χ3v) is 5.98. The second kappa shape index (κ2) is 7.08. The van der Waals surface area contributed by atoms with Gasteiger partial charge in [0.05, 0.1) is 11.6 Å². The molecule has 1 aromatic rings. The maximum absolute atomic E-state index is 12.2. The molecule has 0 bridgehead atoms. The van der Waals surface area contributed by atoms with E-state index >= 15 is 0 Å². The molecule has 0 N–H and O–H groups in total. The summed E-state index contributed by atoms with van der Waals surface area (Å²) in [5.74, 6) is 1.03. The van der Waals surface area contributed by atoms with Crippen molar-refractivity contribution in [3.05, 3.63) is 23.8 Å². The first-order valence-corrected chi connectivity index (χ1v) is 9.93. The Bertz CT molecular complexity index is 636. The van der Waals surface area contributed by atoms with Crippen LogP contribution in [0, 0.1) is 0 Å². The SMILES string of the molecule is CC(c1ccc2c(c1)N(C)CS2)N1CCN(C(=O)OC(C)(C)C)CC1. The molecule has 2 heterocycles. The van der Waals surface area contributed by atoms with Gasteiger partial charge in [0.1, 0.15) is 5.60 Å². The maximum Gasteiger partial charge on any atom is 0.410 e. The summed E-state index contributed by atoms with van der Waals surface area (Å²) < 4.78 is 5.48. The molecule has 2 aliphatic rings. The van der Waals surface area contributed by atoms with Gasteiger partial charge in [-0.1, -0.05) is 6.07 Å². The van der Waals surface area contributed by atoms with Crippen LogP contribution in [0.25, 0.3) is 0 Å². The number of amides is 1. The molecule has 1 unspecified atom stereocenters. The van der Waals surface area contributed by atoms with Crippen molar-refractivity contribution >= 4 is 23.5 Å². The molecule has 1 saturated heterocycles.